The van der Waals surface area contributed by atoms with Crippen molar-refractivity contribution in [3.8, 4) is 5.75 Å². The van der Waals surface area contributed by atoms with Crippen LogP contribution in [-0.2, 0) is 0 Å². The highest BCUT2D eigenvalue weighted by atomic mass is 16.5. The van der Waals surface area contributed by atoms with Crippen LogP contribution in [0.2, 0.25) is 0 Å². The largest absolute Gasteiger partial charge is 0.497 e. The van der Waals surface area contributed by atoms with E-state index >= 15 is 0 Å². The summed E-state index contributed by atoms with van der Waals surface area (Å²) < 4.78 is 5.25. The lowest BCUT2D eigenvalue weighted by atomic mass is 10.2. The second kappa shape index (κ2) is 9.09. The summed E-state index contributed by atoms with van der Waals surface area (Å²) in [6, 6.07) is 12.4. The van der Waals surface area contributed by atoms with Gasteiger partial charge in [-0.15, -0.1) is 0 Å². The van der Waals surface area contributed by atoms with E-state index in [-0.39, 0.29) is 0 Å². The fourth-order valence-corrected chi connectivity index (χ4v) is 3.87. The van der Waals surface area contributed by atoms with Gasteiger partial charge in [-0.25, -0.2) is 0 Å². The Morgan fingerprint density at radius 1 is 0.931 bits per heavy atom. The van der Waals surface area contributed by atoms with E-state index < -0.39 is 0 Å². The summed E-state index contributed by atoms with van der Waals surface area (Å²) in [5.74, 6) is 0.909. The third-order valence-electron chi connectivity index (χ3n) is 5.60. The fourth-order valence-electron chi connectivity index (χ4n) is 3.87. The number of aromatic nitrogens is 2. The molecule has 0 bridgehead atoms. The van der Waals surface area contributed by atoms with Crippen molar-refractivity contribution in [1.29, 1.82) is 0 Å². The molecule has 1 saturated heterocycles. The molecule has 0 unspecified atom stereocenters. The summed E-state index contributed by atoms with van der Waals surface area (Å²) in [4.78, 5) is 14.0. The number of aryl methyl sites for hydroxylation is 1. The molecule has 0 amide bonds. The zero-order valence-corrected chi connectivity index (χ0v) is 17.3. The maximum Gasteiger partial charge on any atom is 0.119 e. The molecule has 1 N–H and O–H groups in total. The molecule has 152 valence electrons. The van der Waals surface area contributed by atoms with E-state index in [2.05, 4.69) is 44.1 Å². The van der Waals surface area contributed by atoms with Gasteiger partial charge in [-0.2, -0.15) is 0 Å². The van der Waals surface area contributed by atoms with Gasteiger partial charge in [-0.05, 0) is 61.9 Å². The van der Waals surface area contributed by atoms with Crippen LogP contribution in [0.25, 0.3) is 11.0 Å². The molecule has 0 saturated carbocycles. The Kier molecular flexibility index (Phi) is 6.10. The molecule has 1 fully saturated rings. The van der Waals surface area contributed by atoms with Crippen molar-refractivity contribution < 1.29 is 4.74 Å². The van der Waals surface area contributed by atoms with Crippen LogP contribution in [-0.4, -0.2) is 61.2 Å². The van der Waals surface area contributed by atoms with Gasteiger partial charge in [-0.1, -0.05) is 0 Å². The molecule has 0 aliphatic carbocycles. The van der Waals surface area contributed by atoms with Gasteiger partial charge in [0.05, 0.1) is 18.3 Å². The number of piperazine rings is 1. The fraction of sp³-hybridized carbons (Fsp3) is 0.391. The van der Waals surface area contributed by atoms with Crippen LogP contribution in [0.5, 0.6) is 5.75 Å². The zero-order chi connectivity index (χ0) is 20.1. The molecule has 1 aliphatic heterocycles. The van der Waals surface area contributed by atoms with Crippen molar-refractivity contribution in [2.24, 2.45) is 0 Å². The van der Waals surface area contributed by atoms with Gasteiger partial charge in [0.1, 0.15) is 11.3 Å². The van der Waals surface area contributed by atoms with Gasteiger partial charge < -0.3 is 15.0 Å². The molecule has 3 heterocycles. The van der Waals surface area contributed by atoms with Crippen LogP contribution in [0.3, 0.4) is 0 Å². The topological polar surface area (TPSA) is 53.5 Å². The van der Waals surface area contributed by atoms with Crippen molar-refractivity contribution in [3.05, 3.63) is 54.4 Å². The molecule has 4 rings (SSSR count). The number of ether oxygens (including phenoxy) is 1. The van der Waals surface area contributed by atoms with E-state index in [1.165, 1.54) is 5.69 Å². The lowest BCUT2D eigenvalue weighted by Crippen LogP contribution is -2.46. The summed E-state index contributed by atoms with van der Waals surface area (Å²) in [5.41, 5.74) is 5.45. The van der Waals surface area contributed by atoms with Crippen molar-refractivity contribution in [2.75, 3.05) is 56.6 Å². The number of fused-ring (bicyclic) bond motifs is 1. The summed E-state index contributed by atoms with van der Waals surface area (Å²) >= 11 is 0. The zero-order valence-electron chi connectivity index (χ0n) is 17.3. The first-order valence-electron chi connectivity index (χ1n) is 10.3. The van der Waals surface area contributed by atoms with Gasteiger partial charge in [0.25, 0.3) is 0 Å². The number of benzene rings is 1. The first-order valence-corrected chi connectivity index (χ1v) is 10.3. The average Bonchev–Trinajstić information content (AvgIpc) is 2.78. The van der Waals surface area contributed by atoms with Crippen LogP contribution in [0.15, 0.2) is 48.8 Å². The Labute approximate surface area is 172 Å². The molecule has 6 heteroatoms. The van der Waals surface area contributed by atoms with Gasteiger partial charge in [-0.3, -0.25) is 14.9 Å². The molecule has 0 radical (unpaired) electrons. The van der Waals surface area contributed by atoms with Gasteiger partial charge in [0.2, 0.25) is 0 Å². The van der Waals surface area contributed by atoms with Crippen LogP contribution < -0.4 is 15.0 Å². The summed E-state index contributed by atoms with van der Waals surface area (Å²) in [6.45, 7) is 8.46. The van der Waals surface area contributed by atoms with Crippen molar-refractivity contribution >= 4 is 22.4 Å². The van der Waals surface area contributed by atoms with Gasteiger partial charge in [0, 0.05) is 50.8 Å². The van der Waals surface area contributed by atoms with Gasteiger partial charge in [0.15, 0.2) is 0 Å². The minimum absolute atomic E-state index is 0.909. The molecule has 0 atom stereocenters. The maximum atomic E-state index is 5.25. The minimum atomic E-state index is 0.909. The van der Waals surface area contributed by atoms with E-state index in [0.29, 0.717) is 0 Å². The van der Waals surface area contributed by atoms with Crippen LogP contribution in [0.1, 0.15) is 12.0 Å². The van der Waals surface area contributed by atoms with Crippen LogP contribution in [0, 0.1) is 6.92 Å². The third-order valence-corrected chi connectivity index (χ3v) is 5.60. The van der Waals surface area contributed by atoms with Crippen molar-refractivity contribution in [2.45, 2.75) is 13.3 Å². The monoisotopic (exact) mass is 391 g/mol. The molecular weight excluding hydrogens is 362 g/mol. The number of pyridine rings is 2. The molecule has 6 nitrogen and oxygen atoms in total. The Bertz CT molecular complexity index is 936. The highest BCUT2D eigenvalue weighted by Crippen LogP contribution is 2.22. The van der Waals surface area contributed by atoms with E-state index in [1.54, 1.807) is 7.11 Å². The number of methoxy groups -OCH3 is 1. The predicted molar refractivity (Wildman–Crippen MR) is 119 cm³/mol. The van der Waals surface area contributed by atoms with E-state index in [4.69, 9.17) is 4.74 Å². The lowest BCUT2D eigenvalue weighted by Gasteiger charge is -2.36. The number of nitrogens with one attached hydrogen (secondary N) is 1. The predicted octanol–water partition coefficient (Wildman–Crippen LogP) is 3.57. The molecule has 2 aromatic heterocycles. The highest BCUT2D eigenvalue weighted by molar-refractivity contribution is 5.88. The molecule has 1 aliphatic rings. The Morgan fingerprint density at radius 2 is 1.66 bits per heavy atom. The first-order chi connectivity index (χ1) is 14.2. The highest BCUT2D eigenvalue weighted by Gasteiger charge is 2.16. The molecular formula is C23H29N5O. The van der Waals surface area contributed by atoms with E-state index in [0.717, 1.165) is 73.7 Å². The molecule has 3 aromatic rings. The number of nitrogens with zero attached hydrogens (tertiary/aromatic N) is 4. The van der Waals surface area contributed by atoms with Crippen LogP contribution >= 0.6 is 0 Å². The summed E-state index contributed by atoms with van der Waals surface area (Å²) in [7, 11) is 1.71. The summed E-state index contributed by atoms with van der Waals surface area (Å²) in [6.07, 6.45) is 4.82. The first kappa shape index (κ1) is 19.5. The average molecular weight is 392 g/mol. The van der Waals surface area contributed by atoms with Crippen molar-refractivity contribution in [3.63, 3.8) is 0 Å². The van der Waals surface area contributed by atoms with E-state index in [1.807, 2.05) is 36.7 Å². The van der Waals surface area contributed by atoms with E-state index in [9.17, 15) is 0 Å². The molecule has 1 aromatic carbocycles. The maximum absolute atomic E-state index is 5.25. The quantitative estimate of drug-likeness (QED) is 0.622. The van der Waals surface area contributed by atoms with Gasteiger partial charge >= 0.3 is 0 Å². The Hall–Kier alpha value is -2.86. The smallest absolute Gasteiger partial charge is 0.119 e. The molecule has 29 heavy (non-hydrogen) atoms. The number of anilines is 2. The van der Waals surface area contributed by atoms with Crippen LogP contribution in [0.4, 0.5) is 11.4 Å². The number of hydrogen-bond donors (Lipinski definition) is 1. The lowest BCUT2D eigenvalue weighted by molar-refractivity contribution is 0.257. The number of hydrogen-bond acceptors (Lipinski definition) is 6. The number of rotatable bonds is 7. The van der Waals surface area contributed by atoms with Crippen molar-refractivity contribution in [1.82, 2.24) is 14.9 Å². The summed E-state index contributed by atoms with van der Waals surface area (Å²) in [5, 5.41) is 3.55. The second-order valence-electron chi connectivity index (χ2n) is 7.49. The minimum Gasteiger partial charge on any atom is -0.497 e. The SMILES string of the molecule is COc1ccc(N2CCN(CCCNc3ccnc4c(C)ccnc34)CC2)cc1. The Balaban J connectivity index is 1.23. The second-order valence-corrected chi connectivity index (χ2v) is 7.49. The molecule has 0 spiro atoms. The normalized spacial score (nSPS) is 14.9. The standard InChI is InChI=1S/C23H29N5O/c1-18-8-11-26-23-21(9-12-25-22(18)23)24-10-3-13-27-14-16-28(17-15-27)19-4-6-20(29-2)7-5-19/h4-9,11-12H,3,10,13-17H2,1-2H3,(H,24,25). The third kappa shape index (κ3) is 4.59. The Morgan fingerprint density at radius 3 is 2.41 bits per heavy atom.